The van der Waals surface area contributed by atoms with Crippen LogP contribution in [0.2, 0.25) is 5.02 Å². The number of hydrazone groups is 1. The minimum Gasteiger partial charge on any atom is -0.467 e. The predicted octanol–water partition coefficient (Wildman–Crippen LogP) is 2.95. The topological polar surface area (TPSA) is 92.1 Å². The maximum Gasteiger partial charge on any atom is 0.257 e. The van der Waals surface area contributed by atoms with Crippen molar-refractivity contribution in [2.24, 2.45) is 10.8 Å². The van der Waals surface area contributed by atoms with Crippen LogP contribution >= 0.6 is 11.6 Å². The lowest BCUT2D eigenvalue weighted by Gasteiger charge is -2.34. The van der Waals surface area contributed by atoms with Crippen LogP contribution in [0.4, 0.5) is 0 Å². The lowest BCUT2D eigenvalue weighted by Crippen LogP contribution is -2.51. The van der Waals surface area contributed by atoms with E-state index in [1.807, 2.05) is 23.1 Å². The number of furan rings is 1. The van der Waals surface area contributed by atoms with E-state index in [1.54, 1.807) is 24.5 Å². The van der Waals surface area contributed by atoms with Crippen molar-refractivity contribution in [3.8, 4) is 0 Å². The van der Waals surface area contributed by atoms with Gasteiger partial charge in [0.2, 0.25) is 5.91 Å². The largest absolute Gasteiger partial charge is 0.467 e. The van der Waals surface area contributed by atoms with E-state index in [0.29, 0.717) is 30.2 Å². The van der Waals surface area contributed by atoms with Gasteiger partial charge in [-0.3, -0.25) is 14.5 Å². The van der Waals surface area contributed by atoms with E-state index in [-0.39, 0.29) is 24.4 Å². The Morgan fingerprint density at radius 2 is 2.00 bits per heavy atom. The summed E-state index contributed by atoms with van der Waals surface area (Å²) in [7, 11) is 0. The summed E-state index contributed by atoms with van der Waals surface area (Å²) in [6, 6.07) is 10.3. The number of rotatable bonds is 5. The number of hydrogen-bond acceptors (Lipinski definition) is 5. The van der Waals surface area contributed by atoms with Crippen molar-refractivity contribution in [1.29, 1.82) is 0 Å². The maximum absolute atomic E-state index is 13.2. The number of primary amides is 1. The zero-order chi connectivity index (χ0) is 20.4. The second kappa shape index (κ2) is 8.39. The minimum atomic E-state index is -0.405. The van der Waals surface area contributed by atoms with Crippen molar-refractivity contribution in [1.82, 2.24) is 9.91 Å². The van der Waals surface area contributed by atoms with Gasteiger partial charge in [-0.1, -0.05) is 30.2 Å². The van der Waals surface area contributed by atoms with Crippen molar-refractivity contribution < 1.29 is 14.0 Å². The number of piperidine rings is 1. The molecule has 0 radical (unpaired) electrons. The summed E-state index contributed by atoms with van der Waals surface area (Å²) in [5, 5.41) is 6.74. The highest BCUT2D eigenvalue weighted by molar-refractivity contribution is 6.30. The van der Waals surface area contributed by atoms with E-state index >= 15 is 0 Å². The SMILES string of the molecule is NC(=O)[C@@H]1CCCCN1CC(=O)N1N=C(c2ccc(Cl)cc2)C[C@@H]1c1ccco1. The molecule has 2 aromatic rings. The number of amides is 2. The highest BCUT2D eigenvalue weighted by Crippen LogP contribution is 2.33. The third-order valence-electron chi connectivity index (χ3n) is 5.50. The van der Waals surface area contributed by atoms with Gasteiger partial charge in [0.25, 0.3) is 5.91 Å². The van der Waals surface area contributed by atoms with Crippen molar-refractivity contribution >= 4 is 29.1 Å². The van der Waals surface area contributed by atoms with Crippen LogP contribution in [0.3, 0.4) is 0 Å². The van der Waals surface area contributed by atoms with Crippen LogP contribution in [0.25, 0.3) is 0 Å². The van der Waals surface area contributed by atoms with E-state index in [2.05, 4.69) is 5.10 Å². The van der Waals surface area contributed by atoms with Gasteiger partial charge in [-0.15, -0.1) is 0 Å². The molecule has 0 aliphatic carbocycles. The summed E-state index contributed by atoms with van der Waals surface area (Å²) >= 11 is 5.99. The average Bonchev–Trinajstić information content (AvgIpc) is 3.38. The second-order valence-corrected chi connectivity index (χ2v) is 7.85. The Bertz CT molecular complexity index is 911. The summed E-state index contributed by atoms with van der Waals surface area (Å²) in [6.45, 7) is 0.772. The van der Waals surface area contributed by atoms with Crippen LogP contribution in [0, 0.1) is 0 Å². The fraction of sp³-hybridized carbons (Fsp3) is 0.381. The first-order valence-electron chi connectivity index (χ1n) is 9.75. The van der Waals surface area contributed by atoms with Crippen LogP contribution in [0.1, 0.15) is 43.0 Å². The van der Waals surface area contributed by atoms with Crippen molar-refractivity contribution in [3.63, 3.8) is 0 Å². The Morgan fingerprint density at radius 1 is 1.21 bits per heavy atom. The molecule has 29 heavy (non-hydrogen) atoms. The van der Waals surface area contributed by atoms with Crippen LogP contribution in [-0.4, -0.2) is 46.6 Å². The normalized spacial score (nSPS) is 22.5. The van der Waals surface area contributed by atoms with Crippen molar-refractivity contribution in [3.05, 3.63) is 59.0 Å². The van der Waals surface area contributed by atoms with Gasteiger partial charge in [-0.25, -0.2) is 5.01 Å². The first kappa shape index (κ1) is 19.7. The van der Waals surface area contributed by atoms with Crippen LogP contribution in [0.15, 0.2) is 52.2 Å². The molecule has 2 aliphatic heterocycles. The van der Waals surface area contributed by atoms with E-state index in [9.17, 15) is 9.59 Å². The predicted molar refractivity (Wildman–Crippen MR) is 109 cm³/mol. The standard InChI is InChI=1S/C21H23ClN4O3/c22-15-8-6-14(7-9-15)16-12-18(19-5-3-11-29-19)26(24-16)20(27)13-25-10-2-1-4-17(25)21(23)28/h3,5-9,11,17-18H,1-2,4,10,12-13H2,(H2,23,28)/t17-,18+/m0/s1. The molecule has 2 amide bonds. The van der Waals surface area contributed by atoms with Crippen molar-refractivity contribution in [2.75, 3.05) is 13.1 Å². The molecule has 0 saturated carbocycles. The molecule has 1 saturated heterocycles. The van der Waals surface area contributed by atoms with E-state index < -0.39 is 6.04 Å². The molecule has 2 atom stereocenters. The quantitative estimate of drug-likeness (QED) is 0.814. The Balaban J connectivity index is 1.58. The van der Waals surface area contributed by atoms with Crippen molar-refractivity contribution in [2.45, 2.75) is 37.8 Å². The third kappa shape index (κ3) is 4.21. The summed E-state index contributed by atoms with van der Waals surface area (Å²) in [6.07, 6.45) is 4.70. The minimum absolute atomic E-state index is 0.0994. The number of nitrogens with two attached hydrogens (primary N) is 1. The van der Waals surface area contributed by atoms with Gasteiger partial charge in [0.05, 0.1) is 24.6 Å². The lowest BCUT2D eigenvalue weighted by molar-refractivity contribution is -0.137. The Kier molecular flexibility index (Phi) is 5.69. The summed E-state index contributed by atoms with van der Waals surface area (Å²) in [4.78, 5) is 26.8. The fourth-order valence-electron chi connectivity index (χ4n) is 4.01. The molecule has 7 nitrogen and oxygen atoms in total. The second-order valence-electron chi connectivity index (χ2n) is 7.41. The zero-order valence-corrected chi connectivity index (χ0v) is 16.7. The maximum atomic E-state index is 13.2. The molecule has 2 N–H and O–H groups in total. The Hall–Kier alpha value is -2.64. The molecular formula is C21H23ClN4O3. The Morgan fingerprint density at radius 3 is 2.69 bits per heavy atom. The molecule has 2 aliphatic rings. The Labute approximate surface area is 174 Å². The van der Waals surface area contributed by atoms with E-state index in [0.717, 1.165) is 24.1 Å². The van der Waals surface area contributed by atoms with E-state index in [1.165, 1.54) is 5.01 Å². The smallest absolute Gasteiger partial charge is 0.257 e. The first-order chi connectivity index (χ1) is 14.0. The molecule has 0 spiro atoms. The van der Waals surface area contributed by atoms with Gasteiger partial charge < -0.3 is 10.2 Å². The number of halogens is 1. The highest BCUT2D eigenvalue weighted by Gasteiger charge is 2.37. The molecule has 1 fully saturated rings. The molecule has 4 rings (SSSR count). The molecule has 0 bridgehead atoms. The molecule has 1 aromatic heterocycles. The molecular weight excluding hydrogens is 392 g/mol. The fourth-order valence-corrected chi connectivity index (χ4v) is 4.13. The molecule has 152 valence electrons. The lowest BCUT2D eigenvalue weighted by atomic mass is 10.0. The number of benzene rings is 1. The molecule has 1 aromatic carbocycles. The summed E-state index contributed by atoms with van der Waals surface area (Å²) in [5.41, 5.74) is 7.25. The third-order valence-corrected chi connectivity index (χ3v) is 5.75. The monoisotopic (exact) mass is 414 g/mol. The van der Waals surface area contributed by atoms with Crippen LogP contribution in [0.5, 0.6) is 0 Å². The first-order valence-corrected chi connectivity index (χ1v) is 10.1. The number of nitrogens with zero attached hydrogens (tertiary/aromatic N) is 3. The zero-order valence-electron chi connectivity index (χ0n) is 16.0. The van der Waals surface area contributed by atoms with Crippen LogP contribution < -0.4 is 5.73 Å². The summed E-state index contributed by atoms with van der Waals surface area (Å²) < 4.78 is 5.57. The average molecular weight is 415 g/mol. The highest BCUT2D eigenvalue weighted by atomic mass is 35.5. The van der Waals surface area contributed by atoms with E-state index in [4.69, 9.17) is 21.8 Å². The van der Waals surface area contributed by atoms with Gasteiger partial charge in [0.15, 0.2) is 0 Å². The number of carbonyl (C=O) groups excluding carboxylic acids is 2. The molecule has 8 heteroatoms. The number of hydrogen-bond donors (Lipinski definition) is 1. The van der Waals surface area contributed by atoms with Gasteiger partial charge in [-0.05, 0) is 49.2 Å². The summed E-state index contributed by atoms with van der Waals surface area (Å²) in [5.74, 6) is 0.117. The molecule has 3 heterocycles. The molecule has 0 unspecified atom stereocenters. The van der Waals surface area contributed by atoms with Gasteiger partial charge >= 0.3 is 0 Å². The number of carbonyl (C=O) groups is 2. The number of likely N-dealkylation sites (tertiary alicyclic amines) is 1. The van der Waals surface area contributed by atoms with Gasteiger partial charge in [0.1, 0.15) is 11.8 Å². The van der Waals surface area contributed by atoms with Gasteiger partial charge in [-0.2, -0.15) is 5.10 Å². The van der Waals surface area contributed by atoms with Crippen LogP contribution in [-0.2, 0) is 9.59 Å². The van der Waals surface area contributed by atoms with Gasteiger partial charge in [0, 0.05) is 11.4 Å².